The maximum absolute atomic E-state index is 12.1. The highest BCUT2D eigenvalue weighted by Crippen LogP contribution is 2.28. The average molecular weight is 251 g/mol. The van der Waals surface area contributed by atoms with Crippen LogP contribution in [0.2, 0.25) is 0 Å². The Morgan fingerprint density at radius 1 is 1.56 bits per heavy atom. The summed E-state index contributed by atoms with van der Waals surface area (Å²) in [5.74, 6) is -0.573. The molecule has 1 unspecified atom stereocenters. The third-order valence-electron chi connectivity index (χ3n) is 2.89. The fourth-order valence-electron chi connectivity index (χ4n) is 1.77. The van der Waals surface area contributed by atoms with Crippen molar-refractivity contribution in [3.63, 3.8) is 0 Å². The number of carboxylic acid groups (broad SMARTS) is 1. The first kappa shape index (κ1) is 12.2. The van der Waals surface area contributed by atoms with Gasteiger partial charge in [-0.05, 0) is 12.1 Å². The van der Waals surface area contributed by atoms with Crippen LogP contribution < -0.4 is 9.47 Å². The van der Waals surface area contributed by atoms with Crippen molar-refractivity contribution in [2.24, 2.45) is 0 Å². The summed E-state index contributed by atoms with van der Waals surface area (Å²) in [6.45, 7) is -0.0856. The topological polar surface area (TPSA) is 76.1 Å². The van der Waals surface area contributed by atoms with E-state index in [0.717, 1.165) is 0 Å². The molecule has 1 N–H and O–H groups in total. The molecule has 1 heterocycles. The van der Waals surface area contributed by atoms with Crippen molar-refractivity contribution in [2.75, 3.05) is 20.8 Å². The van der Waals surface area contributed by atoms with Gasteiger partial charge in [-0.15, -0.1) is 0 Å². The number of rotatable bonds is 2. The van der Waals surface area contributed by atoms with Gasteiger partial charge in [0.25, 0.3) is 5.91 Å². The number of carbonyl (C=O) groups excluding carboxylic acids is 1. The molecule has 1 aliphatic rings. The van der Waals surface area contributed by atoms with Crippen molar-refractivity contribution < 1.29 is 24.2 Å². The lowest BCUT2D eigenvalue weighted by Crippen LogP contribution is -2.44. The highest BCUT2D eigenvalue weighted by molar-refractivity contribution is 5.99. The molecule has 0 spiro atoms. The Balaban J connectivity index is 2.41. The first-order valence-electron chi connectivity index (χ1n) is 5.35. The number of ether oxygens (including phenoxy) is 2. The smallest absolute Gasteiger partial charge is 0.330 e. The summed E-state index contributed by atoms with van der Waals surface area (Å²) >= 11 is 0. The Kier molecular flexibility index (Phi) is 3.10. The third-order valence-corrected chi connectivity index (χ3v) is 2.89. The summed E-state index contributed by atoms with van der Waals surface area (Å²) < 4.78 is 10.4. The van der Waals surface area contributed by atoms with E-state index in [4.69, 9.17) is 14.6 Å². The maximum atomic E-state index is 12.1. The third kappa shape index (κ3) is 1.97. The summed E-state index contributed by atoms with van der Waals surface area (Å²) in [5, 5.41) is 9.03. The van der Waals surface area contributed by atoms with Gasteiger partial charge in [-0.3, -0.25) is 4.79 Å². The molecule has 0 aromatic heterocycles. The van der Waals surface area contributed by atoms with Crippen LogP contribution in [0.4, 0.5) is 0 Å². The minimum atomic E-state index is -1.09. The number of benzene rings is 1. The van der Waals surface area contributed by atoms with Gasteiger partial charge in [0, 0.05) is 13.1 Å². The molecule has 1 aromatic rings. The van der Waals surface area contributed by atoms with Crippen molar-refractivity contribution in [1.82, 2.24) is 4.90 Å². The summed E-state index contributed by atoms with van der Waals surface area (Å²) in [6, 6.07) is 3.79. The molecule has 0 saturated heterocycles. The van der Waals surface area contributed by atoms with E-state index in [1.165, 1.54) is 19.1 Å². The molecule has 0 bridgehead atoms. The van der Waals surface area contributed by atoms with Gasteiger partial charge in [-0.1, -0.05) is 0 Å². The molecular formula is C12H13NO5. The molecule has 1 aliphatic heterocycles. The second-order valence-corrected chi connectivity index (χ2v) is 3.94. The number of fused-ring (bicyclic) bond motifs is 1. The maximum Gasteiger partial charge on any atom is 0.330 e. The van der Waals surface area contributed by atoms with Crippen molar-refractivity contribution in [3.05, 3.63) is 23.8 Å². The van der Waals surface area contributed by atoms with Gasteiger partial charge < -0.3 is 19.5 Å². The molecule has 1 amide bonds. The first-order chi connectivity index (χ1) is 8.54. The highest BCUT2D eigenvalue weighted by Gasteiger charge is 2.32. The molecule has 0 saturated carbocycles. The summed E-state index contributed by atoms with van der Waals surface area (Å²) in [6.07, 6.45) is 0. The molecule has 2 rings (SSSR count). The largest absolute Gasteiger partial charge is 0.497 e. The number of amides is 1. The number of nitrogens with zero attached hydrogens (tertiary/aromatic N) is 1. The van der Waals surface area contributed by atoms with E-state index in [1.807, 2.05) is 0 Å². The average Bonchev–Trinajstić information content (AvgIpc) is 2.48. The summed E-state index contributed by atoms with van der Waals surface area (Å²) in [4.78, 5) is 24.3. The Hall–Kier alpha value is -2.24. The lowest BCUT2D eigenvalue weighted by molar-refractivity contribution is -0.142. The molecular weight excluding hydrogens is 238 g/mol. The molecule has 6 heteroatoms. The zero-order valence-corrected chi connectivity index (χ0v) is 10.0. The van der Waals surface area contributed by atoms with E-state index in [9.17, 15) is 9.59 Å². The van der Waals surface area contributed by atoms with E-state index in [2.05, 4.69) is 0 Å². The quantitative estimate of drug-likeness (QED) is 0.833. The van der Waals surface area contributed by atoms with Gasteiger partial charge in [0.15, 0.2) is 6.04 Å². The lowest BCUT2D eigenvalue weighted by atomic mass is 10.1. The molecule has 0 aliphatic carbocycles. The van der Waals surface area contributed by atoms with Crippen LogP contribution in [0.1, 0.15) is 10.4 Å². The summed E-state index contributed by atoms with van der Waals surface area (Å²) in [5.41, 5.74) is 0.335. The van der Waals surface area contributed by atoms with Gasteiger partial charge in [0.2, 0.25) is 0 Å². The van der Waals surface area contributed by atoms with Crippen LogP contribution in [-0.2, 0) is 4.79 Å². The van der Waals surface area contributed by atoms with Crippen LogP contribution >= 0.6 is 0 Å². The minimum absolute atomic E-state index is 0.0856. The highest BCUT2D eigenvalue weighted by atomic mass is 16.5. The zero-order valence-electron chi connectivity index (χ0n) is 10.0. The Labute approximate surface area is 104 Å². The van der Waals surface area contributed by atoms with Crippen molar-refractivity contribution in [3.8, 4) is 11.5 Å². The Bertz CT molecular complexity index is 499. The van der Waals surface area contributed by atoms with Crippen LogP contribution in [-0.4, -0.2) is 48.7 Å². The molecule has 0 fully saturated rings. The van der Waals surface area contributed by atoms with Gasteiger partial charge in [-0.2, -0.15) is 0 Å². The molecule has 1 aromatic carbocycles. The van der Waals surface area contributed by atoms with Crippen molar-refractivity contribution >= 4 is 11.9 Å². The van der Waals surface area contributed by atoms with E-state index in [1.54, 1.807) is 18.2 Å². The first-order valence-corrected chi connectivity index (χ1v) is 5.35. The Morgan fingerprint density at radius 2 is 2.28 bits per heavy atom. The summed E-state index contributed by atoms with van der Waals surface area (Å²) in [7, 11) is 2.95. The predicted octanol–water partition coefficient (Wildman–Crippen LogP) is 0.613. The number of carbonyl (C=O) groups is 2. The van der Waals surface area contributed by atoms with Crippen LogP contribution in [0.3, 0.4) is 0 Å². The van der Waals surface area contributed by atoms with Crippen molar-refractivity contribution in [1.29, 1.82) is 0 Å². The fraction of sp³-hybridized carbons (Fsp3) is 0.333. The van der Waals surface area contributed by atoms with E-state index < -0.39 is 12.0 Å². The molecule has 6 nitrogen and oxygen atoms in total. The van der Waals surface area contributed by atoms with E-state index in [0.29, 0.717) is 17.1 Å². The number of methoxy groups -OCH3 is 1. The van der Waals surface area contributed by atoms with Crippen LogP contribution in [0.15, 0.2) is 18.2 Å². The number of carboxylic acids is 1. The molecule has 0 radical (unpaired) electrons. The molecule has 1 atom stereocenters. The normalized spacial score (nSPS) is 18.7. The number of hydrogen-bond donors (Lipinski definition) is 1. The second-order valence-electron chi connectivity index (χ2n) is 3.94. The van der Waals surface area contributed by atoms with Crippen LogP contribution in [0.25, 0.3) is 0 Å². The van der Waals surface area contributed by atoms with Crippen molar-refractivity contribution in [2.45, 2.75) is 6.04 Å². The number of likely N-dealkylation sites (N-methyl/N-ethyl adjacent to an activating group) is 1. The van der Waals surface area contributed by atoms with Gasteiger partial charge in [-0.25, -0.2) is 4.79 Å². The fourth-order valence-corrected chi connectivity index (χ4v) is 1.77. The number of aliphatic carboxylic acids is 1. The van der Waals surface area contributed by atoms with Gasteiger partial charge in [0.1, 0.15) is 18.1 Å². The van der Waals surface area contributed by atoms with Gasteiger partial charge >= 0.3 is 5.97 Å². The number of hydrogen-bond acceptors (Lipinski definition) is 4. The Morgan fingerprint density at radius 3 is 2.89 bits per heavy atom. The molecule has 18 heavy (non-hydrogen) atoms. The second kappa shape index (κ2) is 4.56. The molecule has 96 valence electrons. The standard InChI is InChI=1S/C12H13NO5/c1-13-9(12(15)16)6-18-10-5-7(17-2)3-4-8(10)11(13)14/h3-5,9H,6H2,1-2H3,(H,15,16). The minimum Gasteiger partial charge on any atom is -0.497 e. The van der Waals surface area contributed by atoms with Crippen LogP contribution in [0.5, 0.6) is 11.5 Å². The van der Waals surface area contributed by atoms with E-state index >= 15 is 0 Å². The lowest BCUT2D eigenvalue weighted by Gasteiger charge is -2.20. The monoisotopic (exact) mass is 251 g/mol. The predicted molar refractivity (Wildman–Crippen MR) is 62.0 cm³/mol. The van der Waals surface area contributed by atoms with Crippen LogP contribution in [0, 0.1) is 0 Å². The van der Waals surface area contributed by atoms with Gasteiger partial charge in [0.05, 0.1) is 12.7 Å². The SMILES string of the molecule is COc1ccc2c(c1)OCC(C(=O)O)N(C)C2=O. The zero-order chi connectivity index (χ0) is 13.3. The van der Waals surface area contributed by atoms with E-state index in [-0.39, 0.29) is 12.5 Å².